The first-order chi connectivity index (χ1) is 15.0. The van der Waals surface area contributed by atoms with Crippen molar-refractivity contribution in [2.75, 3.05) is 5.32 Å². The molecule has 0 aliphatic carbocycles. The highest BCUT2D eigenvalue weighted by Crippen LogP contribution is 2.22. The zero-order valence-electron chi connectivity index (χ0n) is 16.0. The van der Waals surface area contributed by atoms with Gasteiger partial charge in [-0.15, -0.1) is 0 Å². The standard InChI is InChI=1S/C22H16Cl2FN3O3/c23-15-3-7-17(8-4-15)30-13-18-9-10-20(31-18)22(29)26-21-19(24)12-28(27-21)11-14-1-5-16(25)6-2-14/h1-10,12H,11,13H2,(H,26,27,29). The molecule has 2 aromatic carbocycles. The van der Waals surface area contributed by atoms with E-state index in [4.69, 9.17) is 32.4 Å². The van der Waals surface area contributed by atoms with Gasteiger partial charge in [0.2, 0.25) is 0 Å². The number of rotatable bonds is 7. The topological polar surface area (TPSA) is 69.3 Å². The Kier molecular flexibility index (Phi) is 6.25. The molecule has 2 aromatic heterocycles. The van der Waals surface area contributed by atoms with Gasteiger partial charge in [0.15, 0.2) is 11.6 Å². The Morgan fingerprint density at radius 3 is 2.55 bits per heavy atom. The number of hydrogen-bond acceptors (Lipinski definition) is 4. The van der Waals surface area contributed by atoms with Crippen molar-refractivity contribution in [1.29, 1.82) is 0 Å². The van der Waals surface area contributed by atoms with Crippen molar-refractivity contribution in [3.05, 3.63) is 99.8 Å². The molecule has 0 aliphatic rings. The highest BCUT2D eigenvalue weighted by molar-refractivity contribution is 6.33. The van der Waals surface area contributed by atoms with Gasteiger partial charge in [-0.1, -0.05) is 35.3 Å². The van der Waals surface area contributed by atoms with Crippen LogP contribution in [0, 0.1) is 5.82 Å². The van der Waals surface area contributed by atoms with Gasteiger partial charge in [-0.3, -0.25) is 9.48 Å². The third kappa shape index (κ3) is 5.45. The molecule has 31 heavy (non-hydrogen) atoms. The summed E-state index contributed by atoms with van der Waals surface area (Å²) >= 11 is 12.0. The van der Waals surface area contributed by atoms with E-state index >= 15 is 0 Å². The van der Waals surface area contributed by atoms with Crippen LogP contribution in [0.25, 0.3) is 0 Å². The summed E-state index contributed by atoms with van der Waals surface area (Å²) in [5.74, 6) is 0.597. The molecule has 6 nitrogen and oxygen atoms in total. The minimum Gasteiger partial charge on any atom is -0.486 e. The number of anilines is 1. The van der Waals surface area contributed by atoms with Gasteiger partial charge in [-0.2, -0.15) is 5.10 Å². The van der Waals surface area contributed by atoms with E-state index < -0.39 is 5.91 Å². The van der Waals surface area contributed by atoms with E-state index in [1.54, 1.807) is 59.4 Å². The molecule has 0 radical (unpaired) electrons. The van der Waals surface area contributed by atoms with Crippen molar-refractivity contribution in [2.45, 2.75) is 13.2 Å². The summed E-state index contributed by atoms with van der Waals surface area (Å²) in [5.41, 5.74) is 0.842. The Morgan fingerprint density at radius 2 is 1.81 bits per heavy atom. The summed E-state index contributed by atoms with van der Waals surface area (Å²) in [6.45, 7) is 0.533. The summed E-state index contributed by atoms with van der Waals surface area (Å²) in [6.07, 6.45) is 1.58. The summed E-state index contributed by atoms with van der Waals surface area (Å²) in [7, 11) is 0. The average molecular weight is 460 g/mol. The SMILES string of the molecule is O=C(Nc1nn(Cc2ccc(F)cc2)cc1Cl)c1ccc(COc2ccc(Cl)cc2)o1. The van der Waals surface area contributed by atoms with Crippen LogP contribution in [-0.4, -0.2) is 15.7 Å². The Bertz CT molecular complexity index is 1190. The Hall–Kier alpha value is -3.29. The van der Waals surface area contributed by atoms with Gasteiger partial charge in [0.1, 0.15) is 29.0 Å². The fraction of sp³-hybridized carbons (Fsp3) is 0.0909. The van der Waals surface area contributed by atoms with E-state index in [0.29, 0.717) is 23.1 Å². The van der Waals surface area contributed by atoms with Crippen molar-refractivity contribution in [3.63, 3.8) is 0 Å². The lowest BCUT2D eigenvalue weighted by molar-refractivity contribution is 0.0992. The predicted octanol–water partition coefficient (Wildman–Crippen LogP) is 5.80. The summed E-state index contributed by atoms with van der Waals surface area (Å²) in [5, 5.41) is 7.77. The number of amides is 1. The molecule has 0 unspecified atom stereocenters. The van der Waals surface area contributed by atoms with Crippen LogP contribution in [0.4, 0.5) is 10.2 Å². The summed E-state index contributed by atoms with van der Waals surface area (Å²) < 4.78 is 25.7. The summed E-state index contributed by atoms with van der Waals surface area (Å²) in [4.78, 5) is 12.5. The lowest BCUT2D eigenvalue weighted by atomic mass is 10.2. The van der Waals surface area contributed by atoms with Gasteiger partial charge in [-0.25, -0.2) is 4.39 Å². The number of benzene rings is 2. The van der Waals surface area contributed by atoms with Crippen molar-refractivity contribution in [3.8, 4) is 5.75 Å². The largest absolute Gasteiger partial charge is 0.486 e. The number of carbonyl (C=O) groups is 1. The number of ether oxygens (including phenoxy) is 1. The summed E-state index contributed by atoms with van der Waals surface area (Å²) in [6, 6.07) is 16.2. The van der Waals surface area contributed by atoms with Crippen LogP contribution in [0.3, 0.4) is 0 Å². The average Bonchev–Trinajstić information content (AvgIpc) is 3.36. The molecular formula is C22H16Cl2FN3O3. The van der Waals surface area contributed by atoms with Crippen LogP contribution < -0.4 is 10.1 Å². The highest BCUT2D eigenvalue weighted by Gasteiger charge is 2.16. The highest BCUT2D eigenvalue weighted by atomic mass is 35.5. The normalized spacial score (nSPS) is 10.8. The Labute approximate surface area is 187 Å². The fourth-order valence-electron chi connectivity index (χ4n) is 2.77. The second kappa shape index (κ2) is 9.24. The van der Waals surface area contributed by atoms with E-state index in [1.165, 1.54) is 12.1 Å². The minimum absolute atomic E-state index is 0.0962. The Balaban J connectivity index is 1.36. The minimum atomic E-state index is -0.494. The second-order valence-electron chi connectivity index (χ2n) is 6.61. The van der Waals surface area contributed by atoms with Gasteiger partial charge in [0, 0.05) is 11.2 Å². The molecule has 4 rings (SSSR count). The molecule has 9 heteroatoms. The maximum absolute atomic E-state index is 13.0. The number of aromatic nitrogens is 2. The van der Waals surface area contributed by atoms with Gasteiger partial charge < -0.3 is 14.5 Å². The fourth-order valence-corrected chi connectivity index (χ4v) is 3.10. The van der Waals surface area contributed by atoms with E-state index in [0.717, 1.165) is 5.56 Å². The molecule has 2 heterocycles. The van der Waals surface area contributed by atoms with E-state index in [1.807, 2.05) is 0 Å². The third-order valence-electron chi connectivity index (χ3n) is 4.29. The maximum atomic E-state index is 13.0. The number of carbonyl (C=O) groups excluding carboxylic acids is 1. The first-order valence-corrected chi connectivity index (χ1v) is 9.98. The van der Waals surface area contributed by atoms with Crippen LogP contribution in [0.5, 0.6) is 5.75 Å². The second-order valence-corrected chi connectivity index (χ2v) is 7.46. The van der Waals surface area contributed by atoms with Crippen LogP contribution >= 0.6 is 23.2 Å². The molecule has 0 spiro atoms. The van der Waals surface area contributed by atoms with Crippen molar-refractivity contribution >= 4 is 34.9 Å². The number of halogens is 3. The predicted molar refractivity (Wildman–Crippen MR) is 115 cm³/mol. The number of hydrogen-bond donors (Lipinski definition) is 1. The van der Waals surface area contributed by atoms with E-state index in [2.05, 4.69) is 10.4 Å². The molecular weight excluding hydrogens is 444 g/mol. The molecule has 0 atom stereocenters. The molecule has 0 aliphatic heterocycles. The molecule has 0 bridgehead atoms. The Morgan fingerprint density at radius 1 is 1.06 bits per heavy atom. The van der Waals surface area contributed by atoms with Crippen LogP contribution in [0.1, 0.15) is 21.9 Å². The van der Waals surface area contributed by atoms with Gasteiger partial charge in [0.05, 0.1) is 6.54 Å². The van der Waals surface area contributed by atoms with E-state index in [-0.39, 0.29) is 29.0 Å². The molecule has 0 saturated heterocycles. The molecule has 1 amide bonds. The molecule has 0 fully saturated rings. The van der Waals surface area contributed by atoms with Gasteiger partial charge >= 0.3 is 0 Å². The smallest absolute Gasteiger partial charge is 0.292 e. The number of furan rings is 1. The zero-order valence-corrected chi connectivity index (χ0v) is 17.5. The van der Waals surface area contributed by atoms with E-state index in [9.17, 15) is 9.18 Å². The van der Waals surface area contributed by atoms with Crippen molar-refractivity contribution in [1.82, 2.24) is 9.78 Å². The van der Waals surface area contributed by atoms with Crippen LogP contribution in [-0.2, 0) is 13.2 Å². The van der Waals surface area contributed by atoms with Gasteiger partial charge in [0.25, 0.3) is 5.91 Å². The van der Waals surface area contributed by atoms with Crippen LogP contribution in [0.2, 0.25) is 10.0 Å². The first-order valence-electron chi connectivity index (χ1n) is 9.22. The lowest BCUT2D eigenvalue weighted by Crippen LogP contribution is -2.12. The maximum Gasteiger partial charge on any atom is 0.292 e. The monoisotopic (exact) mass is 459 g/mol. The van der Waals surface area contributed by atoms with Gasteiger partial charge in [-0.05, 0) is 54.1 Å². The lowest BCUT2D eigenvalue weighted by Gasteiger charge is -2.04. The number of nitrogens with one attached hydrogen (secondary N) is 1. The quantitative estimate of drug-likeness (QED) is 0.379. The van der Waals surface area contributed by atoms with Crippen molar-refractivity contribution in [2.24, 2.45) is 0 Å². The molecule has 0 saturated carbocycles. The van der Waals surface area contributed by atoms with Crippen LogP contribution in [0.15, 0.2) is 71.3 Å². The first kappa shape index (κ1) is 21.0. The molecule has 158 valence electrons. The molecule has 1 N–H and O–H groups in total. The third-order valence-corrected chi connectivity index (χ3v) is 4.82. The number of nitrogens with zero attached hydrogens (tertiary/aromatic N) is 2. The zero-order chi connectivity index (χ0) is 21.8. The van der Waals surface area contributed by atoms with Crippen molar-refractivity contribution < 1.29 is 18.3 Å². The molecule has 4 aromatic rings.